The molecule has 0 heterocycles. The van der Waals surface area contributed by atoms with Gasteiger partial charge in [-0.05, 0) is 24.6 Å². The molecule has 0 aliphatic carbocycles. The lowest BCUT2D eigenvalue weighted by Gasteiger charge is -2.17. The summed E-state index contributed by atoms with van der Waals surface area (Å²) in [5, 5.41) is 2.29. The molecule has 1 aromatic rings. The van der Waals surface area contributed by atoms with Crippen LogP contribution >= 0.6 is 0 Å². The molecule has 0 fully saturated rings. The number of benzene rings is 1. The van der Waals surface area contributed by atoms with Crippen molar-refractivity contribution in [2.45, 2.75) is 25.5 Å². The van der Waals surface area contributed by atoms with Gasteiger partial charge in [-0.3, -0.25) is 9.59 Å². The van der Waals surface area contributed by atoms with Crippen molar-refractivity contribution in [3.8, 4) is 5.75 Å². The van der Waals surface area contributed by atoms with E-state index in [0.29, 0.717) is 6.07 Å². The number of carbonyl (C=O) groups is 3. The zero-order chi connectivity index (χ0) is 22.1. The molecule has 6 nitrogen and oxygen atoms in total. The van der Waals surface area contributed by atoms with Crippen LogP contribution in [0.2, 0.25) is 0 Å². The van der Waals surface area contributed by atoms with Gasteiger partial charge in [0.1, 0.15) is 0 Å². The third-order valence-electron chi connectivity index (χ3n) is 2.72. The summed E-state index contributed by atoms with van der Waals surface area (Å²) in [6.07, 6.45) is -16.5. The molecular formula is C13H7F9N2O4. The van der Waals surface area contributed by atoms with Gasteiger partial charge in [-0.1, -0.05) is 0 Å². The quantitative estimate of drug-likeness (QED) is 0.441. The molecule has 0 aromatic heterocycles. The maximum atomic E-state index is 12.4. The summed E-state index contributed by atoms with van der Waals surface area (Å²) < 4.78 is 115. The van der Waals surface area contributed by atoms with Crippen molar-refractivity contribution in [2.75, 3.05) is 10.6 Å². The van der Waals surface area contributed by atoms with Crippen molar-refractivity contribution in [1.82, 2.24) is 0 Å². The Morgan fingerprint density at radius 1 is 0.786 bits per heavy atom. The molecule has 0 unspecified atom stereocenters. The van der Waals surface area contributed by atoms with Gasteiger partial charge in [0.15, 0.2) is 5.75 Å². The van der Waals surface area contributed by atoms with Gasteiger partial charge in [0.25, 0.3) is 0 Å². The van der Waals surface area contributed by atoms with E-state index in [0.717, 1.165) is 12.2 Å². The van der Waals surface area contributed by atoms with E-state index < -0.39 is 59.0 Å². The fraction of sp³-hybridized carbons (Fsp3) is 0.308. The van der Waals surface area contributed by atoms with Gasteiger partial charge >= 0.3 is 36.3 Å². The second-order valence-corrected chi connectivity index (χ2v) is 4.96. The molecule has 0 saturated carbocycles. The number of halogens is 9. The molecule has 1 rings (SSSR count). The highest BCUT2D eigenvalue weighted by molar-refractivity contribution is 6.00. The van der Waals surface area contributed by atoms with Gasteiger partial charge in [0.2, 0.25) is 0 Å². The van der Waals surface area contributed by atoms with Gasteiger partial charge in [-0.15, -0.1) is 0 Å². The summed E-state index contributed by atoms with van der Waals surface area (Å²) in [5.41, 5.74) is -2.68. The Balaban J connectivity index is 3.39. The van der Waals surface area contributed by atoms with Crippen molar-refractivity contribution in [3.05, 3.63) is 17.7 Å². The highest BCUT2D eigenvalue weighted by Crippen LogP contribution is 2.35. The van der Waals surface area contributed by atoms with Gasteiger partial charge in [0.05, 0.1) is 5.69 Å². The molecule has 28 heavy (non-hydrogen) atoms. The SMILES string of the molecule is Cc1cc(NC(=O)C(F)(F)F)cc(NC(=O)C(F)(F)F)c1OC(=O)C(F)(F)F. The van der Waals surface area contributed by atoms with Crippen LogP contribution < -0.4 is 15.4 Å². The standard InChI is InChI=1S/C13H7F9N2O4/c1-4-2-5(23-8(25)11(14,15)16)3-6(24-9(26)12(17,18)19)7(4)28-10(27)13(20,21)22/h2-3H,1H3,(H,23,25)(H,24,26). The van der Waals surface area contributed by atoms with Crippen molar-refractivity contribution in [3.63, 3.8) is 0 Å². The summed E-state index contributed by atoms with van der Waals surface area (Å²) in [4.78, 5) is 32.8. The van der Waals surface area contributed by atoms with E-state index in [1.165, 1.54) is 5.32 Å². The lowest BCUT2D eigenvalue weighted by molar-refractivity contribution is -0.189. The summed E-state index contributed by atoms with van der Waals surface area (Å²) >= 11 is 0. The molecule has 0 radical (unpaired) electrons. The number of alkyl halides is 9. The Kier molecular flexibility index (Phi) is 6.21. The Hall–Kier alpha value is -3.00. The number of hydrogen-bond donors (Lipinski definition) is 2. The van der Waals surface area contributed by atoms with Crippen LogP contribution in [0.4, 0.5) is 50.9 Å². The van der Waals surface area contributed by atoms with Gasteiger partial charge in [-0.25, -0.2) is 4.79 Å². The van der Waals surface area contributed by atoms with Crippen LogP contribution in [0.25, 0.3) is 0 Å². The summed E-state index contributed by atoms with van der Waals surface area (Å²) in [6.45, 7) is 0.839. The van der Waals surface area contributed by atoms with Crippen LogP contribution in [0.5, 0.6) is 5.75 Å². The van der Waals surface area contributed by atoms with E-state index in [-0.39, 0.29) is 6.07 Å². The van der Waals surface area contributed by atoms with Crippen LogP contribution in [0.3, 0.4) is 0 Å². The number of nitrogens with one attached hydrogen (secondary N) is 2. The monoisotopic (exact) mass is 426 g/mol. The molecule has 0 bridgehead atoms. The minimum absolute atomic E-state index is 0.249. The fourth-order valence-corrected chi connectivity index (χ4v) is 1.62. The Morgan fingerprint density at radius 3 is 1.68 bits per heavy atom. The van der Waals surface area contributed by atoms with Gasteiger partial charge in [-0.2, -0.15) is 39.5 Å². The number of rotatable bonds is 3. The lowest BCUT2D eigenvalue weighted by atomic mass is 10.1. The Morgan fingerprint density at radius 2 is 1.25 bits per heavy atom. The van der Waals surface area contributed by atoms with E-state index in [1.807, 2.05) is 0 Å². The number of carbonyl (C=O) groups excluding carboxylic acids is 3. The van der Waals surface area contributed by atoms with Crippen LogP contribution in [0.15, 0.2) is 12.1 Å². The molecule has 2 amide bonds. The average Bonchev–Trinajstić information content (AvgIpc) is 2.47. The zero-order valence-corrected chi connectivity index (χ0v) is 13.2. The molecule has 156 valence electrons. The lowest BCUT2D eigenvalue weighted by Crippen LogP contribution is -2.32. The first-order valence-corrected chi connectivity index (χ1v) is 6.63. The number of ether oxygens (including phenoxy) is 1. The highest BCUT2D eigenvalue weighted by Gasteiger charge is 2.43. The molecule has 1 aromatic carbocycles. The minimum atomic E-state index is -5.57. The molecule has 15 heteroatoms. The molecule has 0 aliphatic rings. The predicted octanol–water partition coefficient (Wildman–Crippen LogP) is 3.46. The van der Waals surface area contributed by atoms with Crippen molar-refractivity contribution in [2.24, 2.45) is 0 Å². The van der Waals surface area contributed by atoms with E-state index >= 15 is 0 Å². The maximum Gasteiger partial charge on any atom is 0.491 e. The number of esters is 1. The summed E-state index contributed by atoms with van der Waals surface area (Å²) in [7, 11) is 0. The molecule has 0 atom stereocenters. The summed E-state index contributed by atoms with van der Waals surface area (Å²) in [6, 6.07) is 0.825. The topological polar surface area (TPSA) is 84.5 Å². The number of aryl methyl sites for hydroxylation is 1. The number of amides is 2. The number of anilines is 2. The first-order valence-electron chi connectivity index (χ1n) is 6.63. The van der Waals surface area contributed by atoms with Crippen molar-refractivity contribution >= 4 is 29.2 Å². The van der Waals surface area contributed by atoms with Crippen LogP contribution in [-0.2, 0) is 14.4 Å². The largest absolute Gasteiger partial charge is 0.491 e. The molecule has 2 N–H and O–H groups in total. The Labute approximate surface area is 148 Å². The van der Waals surface area contributed by atoms with Gasteiger partial charge in [0, 0.05) is 5.69 Å². The van der Waals surface area contributed by atoms with Crippen molar-refractivity contribution < 1.29 is 58.6 Å². The summed E-state index contributed by atoms with van der Waals surface area (Å²) in [5.74, 6) is -9.37. The second-order valence-electron chi connectivity index (χ2n) is 4.96. The van der Waals surface area contributed by atoms with E-state index in [9.17, 15) is 53.9 Å². The minimum Gasteiger partial charge on any atom is -0.417 e. The first kappa shape index (κ1) is 23.0. The van der Waals surface area contributed by atoms with E-state index in [1.54, 1.807) is 0 Å². The van der Waals surface area contributed by atoms with Crippen LogP contribution in [-0.4, -0.2) is 36.3 Å². The highest BCUT2D eigenvalue weighted by atomic mass is 19.4. The Bertz CT molecular complexity index is 797. The predicted molar refractivity (Wildman–Crippen MR) is 72.2 cm³/mol. The third-order valence-corrected chi connectivity index (χ3v) is 2.72. The number of hydrogen-bond acceptors (Lipinski definition) is 4. The average molecular weight is 426 g/mol. The third kappa shape index (κ3) is 6.02. The van der Waals surface area contributed by atoms with Gasteiger partial charge < -0.3 is 15.4 Å². The normalized spacial score (nSPS) is 12.4. The van der Waals surface area contributed by atoms with Crippen molar-refractivity contribution in [1.29, 1.82) is 0 Å². The van der Waals surface area contributed by atoms with E-state index in [4.69, 9.17) is 0 Å². The molecular weight excluding hydrogens is 419 g/mol. The smallest absolute Gasteiger partial charge is 0.417 e. The maximum absolute atomic E-state index is 12.4. The first-order chi connectivity index (χ1) is 12.4. The second kappa shape index (κ2) is 7.55. The van der Waals surface area contributed by atoms with Crippen LogP contribution in [0, 0.1) is 6.92 Å². The van der Waals surface area contributed by atoms with E-state index in [2.05, 4.69) is 4.74 Å². The fourth-order valence-electron chi connectivity index (χ4n) is 1.62. The zero-order valence-electron chi connectivity index (χ0n) is 13.2. The molecule has 0 saturated heterocycles. The van der Waals surface area contributed by atoms with Crippen LogP contribution in [0.1, 0.15) is 5.56 Å². The molecule has 0 spiro atoms. The molecule has 0 aliphatic heterocycles.